The van der Waals surface area contributed by atoms with Crippen LogP contribution < -0.4 is 0 Å². The molecule has 17 heavy (non-hydrogen) atoms. The monoisotopic (exact) mass is 242 g/mol. The average molecular weight is 242 g/mol. The third-order valence-electron chi connectivity index (χ3n) is 4.50. The zero-order valence-electron chi connectivity index (χ0n) is 10.7. The van der Waals surface area contributed by atoms with E-state index in [1.165, 1.54) is 25.7 Å². The highest BCUT2D eigenvalue weighted by Gasteiger charge is 2.32. The molecule has 0 saturated heterocycles. The summed E-state index contributed by atoms with van der Waals surface area (Å²) in [6.07, 6.45) is 9.69. The van der Waals surface area contributed by atoms with Gasteiger partial charge >= 0.3 is 0 Å². The number of hydrogen-bond donors (Lipinski definition) is 2. The SMILES string of the molecule is OCC1CCCCC1OC1CCCCC1CO. The molecule has 0 aromatic carbocycles. The van der Waals surface area contributed by atoms with Gasteiger partial charge in [0.25, 0.3) is 0 Å². The Kier molecular flexibility index (Phi) is 5.26. The van der Waals surface area contributed by atoms with Gasteiger partial charge in [-0.25, -0.2) is 0 Å². The lowest BCUT2D eigenvalue weighted by Gasteiger charge is -2.37. The Balaban J connectivity index is 1.88. The van der Waals surface area contributed by atoms with Crippen LogP contribution in [0.3, 0.4) is 0 Å². The van der Waals surface area contributed by atoms with Crippen LogP contribution in [0.2, 0.25) is 0 Å². The van der Waals surface area contributed by atoms with E-state index in [1.54, 1.807) is 0 Å². The van der Waals surface area contributed by atoms with Crippen LogP contribution in [0.15, 0.2) is 0 Å². The molecule has 0 spiro atoms. The van der Waals surface area contributed by atoms with Gasteiger partial charge in [-0.2, -0.15) is 0 Å². The summed E-state index contributed by atoms with van der Waals surface area (Å²) in [6.45, 7) is 0.502. The highest BCUT2D eigenvalue weighted by molar-refractivity contribution is 4.81. The molecule has 0 amide bonds. The van der Waals surface area contributed by atoms with E-state index >= 15 is 0 Å². The first-order valence-electron chi connectivity index (χ1n) is 7.22. The molecular formula is C14H26O3. The largest absolute Gasteiger partial charge is 0.396 e. The Morgan fingerprint density at radius 1 is 0.706 bits per heavy atom. The smallest absolute Gasteiger partial charge is 0.0629 e. The zero-order valence-corrected chi connectivity index (χ0v) is 10.7. The van der Waals surface area contributed by atoms with Gasteiger partial charge in [0, 0.05) is 25.0 Å². The second kappa shape index (κ2) is 6.72. The predicted molar refractivity (Wildman–Crippen MR) is 66.7 cm³/mol. The van der Waals surface area contributed by atoms with Gasteiger partial charge in [-0.05, 0) is 25.7 Å². The molecule has 4 unspecified atom stereocenters. The van der Waals surface area contributed by atoms with Crippen LogP contribution in [0.25, 0.3) is 0 Å². The molecule has 2 saturated carbocycles. The normalized spacial score (nSPS) is 39.2. The zero-order chi connectivity index (χ0) is 12.1. The second-order valence-electron chi connectivity index (χ2n) is 5.67. The maximum Gasteiger partial charge on any atom is 0.0629 e. The molecule has 0 heterocycles. The fourth-order valence-electron chi connectivity index (χ4n) is 3.35. The van der Waals surface area contributed by atoms with Gasteiger partial charge in [0.1, 0.15) is 0 Å². The van der Waals surface area contributed by atoms with Crippen LogP contribution >= 0.6 is 0 Å². The van der Waals surface area contributed by atoms with E-state index in [2.05, 4.69) is 0 Å². The molecular weight excluding hydrogens is 216 g/mol. The topological polar surface area (TPSA) is 49.7 Å². The van der Waals surface area contributed by atoms with Crippen LogP contribution in [0.5, 0.6) is 0 Å². The van der Waals surface area contributed by atoms with Crippen molar-refractivity contribution in [2.24, 2.45) is 11.8 Å². The van der Waals surface area contributed by atoms with E-state index in [4.69, 9.17) is 4.74 Å². The van der Waals surface area contributed by atoms with E-state index in [0.29, 0.717) is 11.8 Å². The maximum absolute atomic E-state index is 9.38. The predicted octanol–water partition coefficient (Wildman–Crippen LogP) is 2.11. The van der Waals surface area contributed by atoms with Crippen LogP contribution in [-0.4, -0.2) is 35.6 Å². The van der Waals surface area contributed by atoms with Gasteiger partial charge in [-0.15, -0.1) is 0 Å². The minimum absolute atomic E-state index is 0.228. The van der Waals surface area contributed by atoms with Gasteiger partial charge in [-0.1, -0.05) is 25.7 Å². The standard InChI is InChI=1S/C14H26O3/c15-9-11-5-1-3-7-13(11)17-14-8-4-2-6-12(14)10-16/h11-16H,1-10H2. The van der Waals surface area contributed by atoms with Gasteiger partial charge in [0.2, 0.25) is 0 Å². The molecule has 0 radical (unpaired) electrons. The first-order valence-corrected chi connectivity index (χ1v) is 7.22. The van der Waals surface area contributed by atoms with Crippen LogP contribution in [0.4, 0.5) is 0 Å². The first-order chi connectivity index (χ1) is 8.35. The number of rotatable bonds is 4. The fourth-order valence-corrected chi connectivity index (χ4v) is 3.35. The lowest BCUT2D eigenvalue weighted by atomic mass is 9.84. The van der Waals surface area contributed by atoms with Crippen LogP contribution in [-0.2, 0) is 4.74 Å². The minimum atomic E-state index is 0.228. The lowest BCUT2D eigenvalue weighted by molar-refractivity contribution is -0.110. The molecule has 4 atom stereocenters. The minimum Gasteiger partial charge on any atom is -0.396 e. The van der Waals surface area contributed by atoms with Gasteiger partial charge < -0.3 is 14.9 Å². The number of hydrogen-bond acceptors (Lipinski definition) is 3. The van der Waals surface area contributed by atoms with Crippen molar-refractivity contribution >= 4 is 0 Å². The van der Waals surface area contributed by atoms with E-state index in [0.717, 1.165) is 25.7 Å². The molecule has 0 aromatic heterocycles. The van der Waals surface area contributed by atoms with Crippen molar-refractivity contribution in [1.29, 1.82) is 0 Å². The summed E-state index contributed by atoms with van der Waals surface area (Å²) in [5, 5.41) is 18.8. The first kappa shape index (κ1) is 13.3. The summed E-state index contributed by atoms with van der Waals surface area (Å²) >= 11 is 0. The van der Waals surface area contributed by atoms with E-state index in [1.807, 2.05) is 0 Å². The molecule has 2 aliphatic carbocycles. The fraction of sp³-hybridized carbons (Fsp3) is 1.00. The maximum atomic E-state index is 9.38. The molecule has 100 valence electrons. The van der Waals surface area contributed by atoms with Crippen molar-refractivity contribution in [3.8, 4) is 0 Å². The van der Waals surface area contributed by atoms with Crippen LogP contribution in [0, 0.1) is 11.8 Å². The summed E-state index contributed by atoms with van der Waals surface area (Å²) in [7, 11) is 0. The van der Waals surface area contributed by atoms with Crippen molar-refractivity contribution in [3.05, 3.63) is 0 Å². The average Bonchev–Trinajstić information content (AvgIpc) is 2.40. The second-order valence-corrected chi connectivity index (χ2v) is 5.67. The van der Waals surface area contributed by atoms with Gasteiger partial charge in [-0.3, -0.25) is 0 Å². The van der Waals surface area contributed by atoms with E-state index in [-0.39, 0.29) is 25.4 Å². The Hall–Kier alpha value is -0.120. The van der Waals surface area contributed by atoms with Crippen molar-refractivity contribution in [3.63, 3.8) is 0 Å². The van der Waals surface area contributed by atoms with E-state index < -0.39 is 0 Å². The summed E-state index contributed by atoms with van der Waals surface area (Å²) < 4.78 is 6.22. The summed E-state index contributed by atoms with van der Waals surface area (Å²) in [5.41, 5.74) is 0. The number of aliphatic hydroxyl groups excluding tert-OH is 2. The van der Waals surface area contributed by atoms with E-state index in [9.17, 15) is 10.2 Å². The molecule has 2 N–H and O–H groups in total. The molecule has 3 nitrogen and oxygen atoms in total. The Morgan fingerprint density at radius 3 is 1.53 bits per heavy atom. The lowest BCUT2D eigenvalue weighted by Crippen LogP contribution is -2.39. The third-order valence-corrected chi connectivity index (χ3v) is 4.50. The Bertz CT molecular complexity index is 198. The molecule has 0 aliphatic heterocycles. The van der Waals surface area contributed by atoms with Crippen molar-refractivity contribution in [2.45, 2.75) is 63.6 Å². The molecule has 2 fully saturated rings. The number of ether oxygens (including phenoxy) is 1. The molecule has 0 bridgehead atoms. The molecule has 2 aliphatic rings. The Morgan fingerprint density at radius 2 is 1.12 bits per heavy atom. The van der Waals surface area contributed by atoms with Crippen molar-refractivity contribution in [1.82, 2.24) is 0 Å². The highest BCUT2D eigenvalue weighted by atomic mass is 16.5. The summed E-state index contributed by atoms with van der Waals surface area (Å²) in [5.74, 6) is 0.648. The molecule has 3 heteroatoms. The Labute approximate surface area is 104 Å². The summed E-state index contributed by atoms with van der Waals surface area (Å²) in [6, 6.07) is 0. The van der Waals surface area contributed by atoms with Crippen molar-refractivity contribution < 1.29 is 14.9 Å². The van der Waals surface area contributed by atoms with Crippen LogP contribution in [0.1, 0.15) is 51.4 Å². The number of aliphatic hydroxyl groups is 2. The highest BCUT2D eigenvalue weighted by Crippen LogP contribution is 2.33. The summed E-state index contributed by atoms with van der Waals surface area (Å²) in [4.78, 5) is 0. The van der Waals surface area contributed by atoms with Gasteiger partial charge in [0.05, 0.1) is 12.2 Å². The van der Waals surface area contributed by atoms with Crippen molar-refractivity contribution in [2.75, 3.05) is 13.2 Å². The quantitative estimate of drug-likeness (QED) is 0.794. The molecule has 2 rings (SSSR count). The molecule has 0 aromatic rings. The van der Waals surface area contributed by atoms with Gasteiger partial charge in [0.15, 0.2) is 0 Å². The third kappa shape index (κ3) is 3.43.